The van der Waals surface area contributed by atoms with Gasteiger partial charge in [-0.3, -0.25) is 9.80 Å². The monoisotopic (exact) mass is 728 g/mol. The lowest BCUT2D eigenvalue weighted by atomic mass is 10.2. The lowest BCUT2D eigenvalue weighted by Gasteiger charge is -2.26. The van der Waals surface area contributed by atoms with Crippen molar-refractivity contribution in [2.24, 2.45) is 0 Å². The summed E-state index contributed by atoms with van der Waals surface area (Å²) in [5.74, 6) is 1.49. The van der Waals surface area contributed by atoms with Crippen molar-refractivity contribution in [1.29, 1.82) is 0 Å². The molecule has 50 heavy (non-hydrogen) atoms. The molecule has 2 aliphatic heterocycles. The SMILES string of the molecule is Clc1nc(NCCCN2CCOCC2)c2ncn(C3CCCC3)c2n1.Clc1nc(NCCCN2CCOCC2)c2ncn(C3CCCC3)c2n1. The van der Waals surface area contributed by atoms with Crippen molar-refractivity contribution in [2.45, 2.75) is 76.3 Å². The molecule has 14 nitrogen and oxygen atoms in total. The third kappa shape index (κ3) is 8.94. The first kappa shape index (κ1) is 35.5. The Bertz CT molecular complexity index is 1540. The second-order valence-corrected chi connectivity index (χ2v) is 14.4. The summed E-state index contributed by atoms with van der Waals surface area (Å²) in [6.45, 7) is 11.3. The maximum absolute atomic E-state index is 6.17. The van der Waals surface area contributed by atoms with Crippen molar-refractivity contribution in [3.05, 3.63) is 23.2 Å². The number of hydrogen-bond donors (Lipinski definition) is 2. The Morgan fingerprint density at radius 3 is 1.40 bits per heavy atom. The summed E-state index contributed by atoms with van der Waals surface area (Å²) in [7, 11) is 0. The largest absolute Gasteiger partial charge is 0.379 e. The molecule has 4 aliphatic rings. The Morgan fingerprint density at radius 2 is 1.00 bits per heavy atom. The highest BCUT2D eigenvalue weighted by Crippen LogP contribution is 2.34. The van der Waals surface area contributed by atoms with E-state index in [1.54, 1.807) is 0 Å². The highest BCUT2D eigenvalue weighted by atomic mass is 35.5. The summed E-state index contributed by atoms with van der Waals surface area (Å²) < 4.78 is 15.1. The second kappa shape index (κ2) is 17.6. The van der Waals surface area contributed by atoms with E-state index in [1.807, 2.05) is 12.7 Å². The van der Waals surface area contributed by atoms with E-state index in [0.29, 0.717) is 12.1 Å². The minimum absolute atomic E-state index is 0.280. The van der Waals surface area contributed by atoms with Crippen LogP contribution < -0.4 is 10.6 Å². The van der Waals surface area contributed by atoms with Crippen molar-refractivity contribution in [2.75, 3.05) is 89.4 Å². The van der Waals surface area contributed by atoms with Crippen LogP contribution in [0.2, 0.25) is 10.6 Å². The van der Waals surface area contributed by atoms with E-state index < -0.39 is 0 Å². The number of rotatable bonds is 12. The zero-order valence-corrected chi connectivity index (χ0v) is 30.4. The third-order valence-electron chi connectivity index (χ3n) is 10.3. The zero-order valence-electron chi connectivity index (χ0n) is 28.9. The molecule has 0 amide bonds. The Hall–Kier alpha value is -2.88. The molecule has 272 valence electrons. The molecule has 8 rings (SSSR count). The Kier molecular flexibility index (Phi) is 12.5. The molecule has 6 heterocycles. The van der Waals surface area contributed by atoms with Gasteiger partial charge in [-0.05, 0) is 74.8 Å². The maximum Gasteiger partial charge on any atom is 0.226 e. The van der Waals surface area contributed by atoms with E-state index in [2.05, 4.69) is 59.5 Å². The predicted octanol–water partition coefficient (Wildman–Crippen LogP) is 5.46. The average molecular weight is 730 g/mol. The van der Waals surface area contributed by atoms with Crippen molar-refractivity contribution < 1.29 is 9.47 Å². The normalized spacial score (nSPS) is 19.7. The molecule has 4 aromatic rings. The average Bonchev–Trinajstić information content (AvgIpc) is 3.97. The molecule has 0 bridgehead atoms. The van der Waals surface area contributed by atoms with E-state index in [4.69, 9.17) is 32.7 Å². The number of fused-ring (bicyclic) bond motifs is 2. The van der Waals surface area contributed by atoms with Crippen LogP contribution in [0, 0.1) is 0 Å². The van der Waals surface area contributed by atoms with Crippen LogP contribution in [-0.4, -0.2) is 128 Å². The zero-order chi connectivity index (χ0) is 34.1. The number of nitrogens with zero attached hydrogens (tertiary/aromatic N) is 10. The Balaban J connectivity index is 0.000000157. The van der Waals surface area contributed by atoms with Gasteiger partial charge in [0.25, 0.3) is 0 Å². The fourth-order valence-corrected chi connectivity index (χ4v) is 7.92. The van der Waals surface area contributed by atoms with E-state index in [9.17, 15) is 0 Å². The minimum Gasteiger partial charge on any atom is -0.379 e. The molecule has 4 fully saturated rings. The van der Waals surface area contributed by atoms with Crippen LogP contribution in [0.5, 0.6) is 0 Å². The highest BCUT2D eigenvalue weighted by Gasteiger charge is 2.23. The van der Waals surface area contributed by atoms with Crippen LogP contribution in [0.15, 0.2) is 12.7 Å². The topological polar surface area (TPSA) is 136 Å². The fourth-order valence-electron chi connectivity index (χ4n) is 7.59. The first-order valence-electron chi connectivity index (χ1n) is 18.5. The molecule has 2 N–H and O–H groups in total. The Morgan fingerprint density at radius 1 is 0.600 bits per heavy atom. The molecule has 2 saturated carbocycles. The summed E-state index contributed by atoms with van der Waals surface area (Å²) in [6.07, 6.45) is 15.7. The van der Waals surface area contributed by atoms with Gasteiger partial charge in [0.1, 0.15) is 0 Å². The maximum atomic E-state index is 6.17. The number of aromatic nitrogens is 8. The van der Waals surface area contributed by atoms with Crippen molar-refractivity contribution >= 4 is 57.2 Å². The smallest absolute Gasteiger partial charge is 0.226 e. The van der Waals surface area contributed by atoms with Gasteiger partial charge in [0, 0.05) is 51.4 Å². The summed E-state index contributed by atoms with van der Waals surface area (Å²) in [6, 6.07) is 0.982. The van der Waals surface area contributed by atoms with Gasteiger partial charge >= 0.3 is 0 Å². The van der Waals surface area contributed by atoms with Gasteiger partial charge in [-0.1, -0.05) is 25.7 Å². The molecule has 16 heteroatoms. The molecular weight excluding hydrogens is 679 g/mol. The van der Waals surface area contributed by atoms with Crippen molar-refractivity contribution in [3.8, 4) is 0 Å². The van der Waals surface area contributed by atoms with Crippen LogP contribution in [0.4, 0.5) is 11.6 Å². The predicted molar refractivity (Wildman–Crippen MR) is 196 cm³/mol. The molecule has 0 atom stereocenters. The molecule has 0 aromatic carbocycles. The first-order chi connectivity index (χ1) is 24.6. The van der Waals surface area contributed by atoms with Crippen molar-refractivity contribution in [3.63, 3.8) is 0 Å². The number of ether oxygens (including phenoxy) is 2. The summed E-state index contributed by atoms with van der Waals surface area (Å²) >= 11 is 12.3. The molecule has 0 unspecified atom stereocenters. The number of hydrogen-bond acceptors (Lipinski definition) is 12. The number of halogens is 2. The van der Waals surface area contributed by atoms with Crippen LogP contribution in [0.3, 0.4) is 0 Å². The van der Waals surface area contributed by atoms with Crippen LogP contribution in [-0.2, 0) is 9.47 Å². The van der Waals surface area contributed by atoms with Gasteiger partial charge in [0.15, 0.2) is 34.0 Å². The van der Waals surface area contributed by atoms with Gasteiger partial charge in [0.05, 0.1) is 39.1 Å². The van der Waals surface area contributed by atoms with E-state index in [1.165, 1.54) is 51.4 Å². The number of nitrogens with one attached hydrogen (secondary N) is 2. The summed E-state index contributed by atoms with van der Waals surface area (Å²) in [5, 5.41) is 7.37. The quantitative estimate of drug-likeness (QED) is 0.142. The van der Waals surface area contributed by atoms with Crippen molar-refractivity contribution in [1.82, 2.24) is 48.8 Å². The van der Waals surface area contributed by atoms with E-state index >= 15 is 0 Å². The molecule has 2 aliphatic carbocycles. The molecular formula is C34H50Cl2N12O2. The first-order valence-corrected chi connectivity index (χ1v) is 19.3. The lowest BCUT2D eigenvalue weighted by Crippen LogP contribution is -2.37. The second-order valence-electron chi connectivity index (χ2n) is 13.7. The minimum atomic E-state index is 0.280. The molecule has 4 aromatic heterocycles. The summed E-state index contributed by atoms with van der Waals surface area (Å²) in [5.41, 5.74) is 3.34. The summed E-state index contributed by atoms with van der Waals surface area (Å²) in [4.78, 5) is 31.6. The number of imidazole rings is 2. The molecule has 0 radical (unpaired) electrons. The molecule has 0 spiro atoms. The lowest BCUT2D eigenvalue weighted by molar-refractivity contribution is 0.0378. The van der Waals surface area contributed by atoms with Gasteiger partial charge < -0.3 is 29.2 Å². The van der Waals surface area contributed by atoms with Gasteiger partial charge in [-0.25, -0.2) is 9.97 Å². The van der Waals surface area contributed by atoms with Gasteiger partial charge in [-0.2, -0.15) is 19.9 Å². The van der Waals surface area contributed by atoms with Gasteiger partial charge in [-0.15, -0.1) is 0 Å². The third-order valence-corrected chi connectivity index (χ3v) is 10.7. The number of morpholine rings is 2. The highest BCUT2D eigenvalue weighted by molar-refractivity contribution is 6.29. The Labute approximate surface area is 303 Å². The van der Waals surface area contributed by atoms with Crippen LogP contribution in [0.1, 0.15) is 76.3 Å². The number of anilines is 2. The van der Waals surface area contributed by atoms with E-state index in [-0.39, 0.29) is 10.6 Å². The standard InChI is InChI=1S/2C17H25ClN6O/c2*18-17-21-15(19-6-3-7-23-8-10-25-11-9-23)14-16(22-17)24(12-20-14)13-4-1-2-5-13/h2*12-13H,1-11H2,(H,19,21,22). The van der Waals surface area contributed by atoms with Gasteiger partial charge in [0.2, 0.25) is 10.6 Å². The van der Waals surface area contributed by atoms with E-state index in [0.717, 1.165) is 126 Å². The fraction of sp³-hybridized carbons (Fsp3) is 0.706. The van der Waals surface area contributed by atoms with Crippen LogP contribution in [0.25, 0.3) is 22.3 Å². The molecule has 2 saturated heterocycles. The van der Waals surface area contributed by atoms with Crippen LogP contribution >= 0.6 is 23.2 Å².